The van der Waals surface area contributed by atoms with Gasteiger partial charge in [-0.25, -0.2) is 4.89 Å². The summed E-state index contributed by atoms with van der Waals surface area (Å²) in [7, 11) is 0. The van der Waals surface area contributed by atoms with Crippen molar-refractivity contribution < 1.29 is 20.0 Å². The first kappa shape index (κ1) is 19.6. The molecular weight excluding hydrogens is 304 g/mol. The maximum atomic E-state index is 10.3. The van der Waals surface area contributed by atoms with Crippen LogP contribution in [0, 0.1) is 11.3 Å². The number of hydrogen-bond acceptors (Lipinski definition) is 4. The SMILES string of the molecule is C=C[C@@](C)(O)CCC1C2(C)CCC(O2)C1(C)CC[C@H](OO)C(=C)C. The standard InChI is InChI=1S/C20H34O4/c1-7-18(4,21)11-9-16-19(5,12-8-15(24-22)14(2)3)17-10-13-20(16,6)23-17/h7,15-17,21-22H,1-2,8-13H2,3-6H3/t15-,16?,17?,18+,19?,20?/m0/s1. The summed E-state index contributed by atoms with van der Waals surface area (Å²) >= 11 is 0. The van der Waals surface area contributed by atoms with Crippen LogP contribution in [0.5, 0.6) is 0 Å². The lowest BCUT2D eigenvalue weighted by Gasteiger charge is -2.43. The van der Waals surface area contributed by atoms with E-state index >= 15 is 0 Å². The third-order valence-corrected chi connectivity index (χ3v) is 6.58. The third kappa shape index (κ3) is 3.62. The summed E-state index contributed by atoms with van der Waals surface area (Å²) in [5.74, 6) is 0.375. The smallest absolute Gasteiger partial charge is 0.113 e. The normalized spacial score (nSPS) is 38.8. The van der Waals surface area contributed by atoms with Gasteiger partial charge in [-0.1, -0.05) is 19.6 Å². The summed E-state index contributed by atoms with van der Waals surface area (Å²) < 4.78 is 6.38. The second-order valence-electron chi connectivity index (χ2n) is 8.60. The summed E-state index contributed by atoms with van der Waals surface area (Å²) in [5, 5.41) is 19.4. The van der Waals surface area contributed by atoms with E-state index in [-0.39, 0.29) is 23.2 Å². The molecule has 2 aliphatic rings. The van der Waals surface area contributed by atoms with Gasteiger partial charge in [0.2, 0.25) is 0 Å². The first-order valence-corrected chi connectivity index (χ1v) is 9.07. The summed E-state index contributed by atoms with van der Waals surface area (Å²) in [6, 6.07) is 0. The second-order valence-corrected chi connectivity index (χ2v) is 8.60. The van der Waals surface area contributed by atoms with Gasteiger partial charge in [-0.15, -0.1) is 6.58 Å². The molecule has 2 bridgehead atoms. The minimum atomic E-state index is -0.840. The van der Waals surface area contributed by atoms with E-state index in [1.807, 2.05) is 13.8 Å². The highest BCUT2D eigenvalue weighted by Gasteiger charge is 2.62. The van der Waals surface area contributed by atoms with Gasteiger partial charge in [-0.2, -0.15) is 0 Å². The highest BCUT2D eigenvalue weighted by molar-refractivity contribution is 5.12. The van der Waals surface area contributed by atoms with Gasteiger partial charge in [0, 0.05) is 0 Å². The minimum absolute atomic E-state index is 0.0243. The van der Waals surface area contributed by atoms with E-state index in [9.17, 15) is 5.11 Å². The highest BCUT2D eigenvalue weighted by Crippen LogP contribution is 2.61. The number of rotatable bonds is 9. The summed E-state index contributed by atoms with van der Waals surface area (Å²) in [4.78, 5) is 4.60. The van der Waals surface area contributed by atoms with Crippen LogP contribution in [0.15, 0.2) is 24.8 Å². The summed E-state index contributed by atoms with van der Waals surface area (Å²) in [6.07, 6.45) is 6.92. The Morgan fingerprint density at radius 2 is 2.17 bits per heavy atom. The fourth-order valence-electron chi connectivity index (χ4n) is 4.84. The number of ether oxygens (including phenoxy) is 1. The first-order chi connectivity index (χ1) is 11.1. The molecule has 24 heavy (non-hydrogen) atoms. The molecule has 138 valence electrons. The van der Waals surface area contributed by atoms with Crippen LogP contribution < -0.4 is 0 Å². The van der Waals surface area contributed by atoms with Crippen LogP contribution in [0.4, 0.5) is 0 Å². The maximum absolute atomic E-state index is 10.3. The molecule has 0 aromatic heterocycles. The predicted molar refractivity (Wildman–Crippen MR) is 95.7 cm³/mol. The van der Waals surface area contributed by atoms with Crippen molar-refractivity contribution in [2.24, 2.45) is 11.3 Å². The molecule has 2 heterocycles. The Morgan fingerprint density at radius 3 is 2.71 bits per heavy atom. The number of aliphatic hydroxyl groups is 1. The topological polar surface area (TPSA) is 58.9 Å². The minimum Gasteiger partial charge on any atom is -0.386 e. The Hall–Kier alpha value is -0.680. The first-order valence-electron chi connectivity index (χ1n) is 9.07. The van der Waals surface area contributed by atoms with Crippen LogP contribution in [-0.2, 0) is 9.62 Å². The predicted octanol–water partition coefficient (Wildman–Crippen LogP) is 4.49. The van der Waals surface area contributed by atoms with Crippen molar-refractivity contribution in [3.05, 3.63) is 24.8 Å². The Labute approximate surface area is 146 Å². The van der Waals surface area contributed by atoms with E-state index < -0.39 is 5.60 Å². The molecule has 4 heteroatoms. The van der Waals surface area contributed by atoms with E-state index in [2.05, 4.69) is 31.9 Å². The van der Waals surface area contributed by atoms with Crippen molar-refractivity contribution in [1.82, 2.24) is 0 Å². The molecule has 0 aromatic rings. The van der Waals surface area contributed by atoms with Gasteiger partial charge >= 0.3 is 0 Å². The molecule has 6 atom stereocenters. The van der Waals surface area contributed by atoms with Crippen LogP contribution in [0.2, 0.25) is 0 Å². The van der Waals surface area contributed by atoms with Crippen molar-refractivity contribution >= 4 is 0 Å². The Morgan fingerprint density at radius 1 is 1.50 bits per heavy atom. The van der Waals surface area contributed by atoms with Crippen LogP contribution in [0.25, 0.3) is 0 Å². The van der Waals surface area contributed by atoms with Crippen LogP contribution >= 0.6 is 0 Å². The van der Waals surface area contributed by atoms with Crippen molar-refractivity contribution in [2.75, 3.05) is 0 Å². The molecule has 0 aliphatic carbocycles. The van der Waals surface area contributed by atoms with Gasteiger partial charge < -0.3 is 9.84 Å². The average Bonchev–Trinajstić information content (AvgIpc) is 2.99. The molecular formula is C20H34O4. The van der Waals surface area contributed by atoms with Gasteiger partial charge in [0.25, 0.3) is 0 Å². The largest absolute Gasteiger partial charge is 0.386 e. The van der Waals surface area contributed by atoms with E-state index in [1.165, 1.54) is 0 Å². The van der Waals surface area contributed by atoms with Crippen molar-refractivity contribution in [3.8, 4) is 0 Å². The molecule has 0 radical (unpaired) electrons. The average molecular weight is 338 g/mol. The maximum Gasteiger partial charge on any atom is 0.113 e. The van der Waals surface area contributed by atoms with Gasteiger partial charge in [0.1, 0.15) is 6.10 Å². The molecule has 4 unspecified atom stereocenters. The molecule has 2 fully saturated rings. The van der Waals surface area contributed by atoms with Crippen LogP contribution in [0.1, 0.15) is 66.2 Å². The fraction of sp³-hybridized carbons (Fsp3) is 0.800. The molecule has 0 aromatic carbocycles. The molecule has 4 nitrogen and oxygen atoms in total. The zero-order valence-electron chi connectivity index (χ0n) is 15.7. The van der Waals surface area contributed by atoms with Crippen LogP contribution in [-0.4, -0.2) is 33.8 Å². The Kier molecular flexibility index (Phi) is 5.65. The lowest BCUT2D eigenvalue weighted by atomic mass is 9.59. The summed E-state index contributed by atoms with van der Waals surface area (Å²) in [6.45, 7) is 15.8. The second kappa shape index (κ2) is 6.91. The molecule has 2 aliphatic heterocycles. The molecule has 0 spiro atoms. The molecule has 2 rings (SSSR count). The number of fused-ring (bicyclic) bond motifs is 2. The van der Waals surface area contributed by atoms with Crippen LogP contribution in [0.3, 0.4) is 0 Å². The molecule has 2 saturated heterocycles. The Bertz CT molecular complexity index is 486. The lowest BCUT2D eigenvalue weighted by molar-refractivity contribution is -0.270. The van der Waals surface area contributed by atoms with Crippen molar-refractivity contribution in [1.29, 1.82) is 0 Å². The van der Waals surface area contributed by atoms with Gasteiger partial charge in [0.15, 0.2) is 0 Å². The third-order valence-electron chi connectivity index (χ3n) is 6.58. The lowest BCUT2D eigenvalue weighted by Crippen LogP contribution is -2.43. The van der Waals surface area contributed by atoms with Crippen molar-refractivity contribution in [3.63, 3.8) is 0 Å². The number of hydrogen-bond donors (Lipinski definition) is 2. The monoisotopic (exact) mass is 338 g/mol. The van der Waals surface area contributed by atoms with Gasteiger partial charge in [-0.3, -0.25) is 5.26 Å². The molecule has 2 N–H and O–H groups in total. The van der Waals surface area contributed by atoms with E-state index in [0.717, 1.165) is 37.7 Å². The Balaban J connectivity index is 2.12. The molecule has 0 saturated carbocycles. The van der Waals surface area contributed by atoms with Gasteiger partial charge in [0.05, 0.1) is 17.3 Å². The highest BCUT2D eigenvalue weighted by atomic mass is 17.1. The van der Waals surface area contributed by atoms with E-state index in [4.69, 9.17) is 9.99 Å². The van der Waals surface area contributed by atoms with E-state index in [1.54, 1.807) is 6.08 Å². The van der Waals surface area contributed by atoms with Crippen molar-refractivity contribution in [2.45, 2.75) is 89.6 Å². The zero-order valence-corrected chi connectivity index (χ0v) is 15.7. The van der Waals surface area contributed by atoms with Gasteiger partial charge in [-0.05, 0) is 76.2 Å². The fourth-order valence-corrected chi connectivity index (χ4v) is 4.84. The summed E-state index contributed by atoms with van der Waals surface area (Å²) in [5.41, 5.74) is -0.0954. The zero-order chi connectivity index (χ0) is 18.2. The molecule has 0 amide bonds. The van der Waals surface area contributed by atoms with E-state index in [0.29, 0.717) is 12.3 Å². The quantitative estimate of drug-likeness (QED) is 0.369.